The highest BCUT2D eigenvalue weighted by atomic mass is 16.1. The molecule has 0 radical (unpaired) electrons. The highest BCUT2D eigenvalue weighted by Crippen LogP contribution is 2.37. The van der Waals surface area contributed by atoms with Gasteiger partial charge in [-0.2, -0.15) is 15.5 Å². The quantitative estimate of drug-likeness (QED) is 0.822. The minimum absolute atomic E-state index is 0.158. The van der Waals surface area contributed by atoms with Crippen molar-refractivity contribution in [1.29, 1.82) is 5.26 Å². The fraction of sp³-hybridized carbons (Fsp3) is 0.154. The predicted octanol–water partition coefficient (Wildman–Crippen LogP) is 2.61. The average Bonchev–Trinajstić information content (AvgIpc) is 2.97. The number of fused-ring (bicyclic) bond motifs is 1. The first-order chi connectivity index (χ1) is 9.22. The van der Waals surface area contributed by atoms with Gasteiger partial charge >= 0.3 is 0 Å². The van der Waals surface area contributed by atoms with Crippen molar-refractivity contribution >= 4 is 11.6 Å². The molecule has 1 aliphatic heterocycles. The van der Waals surface area contributed by atoms with Crippen molar-refractivity contribution in [2.45, 2.75) is 13.1 Å². The number of carbonyl (C=O) groups is 1. The molecule has 3 rings (SSSR count). The Kier molecular flexibility index (Phi) is 2.46. The molecule has 0 N–H and O–H groups in total. The molecule has 0 spiro atoms. The number of nitriles is 1. The number of nitrogens with zero attached hydrogens (tertiary/aromatic N) is 5. The number of carbonyl (C=O) groups excluding carboxylic acids is 1. The third-order valence-corrected chi connectivity index (χ3v) is 2.90. The Labute approximate surface area is 109 Å². The molecule has 92 valence electrons. The molecular formula is C13H9N5O. The minimum atomic E-state index is -0.750. The Balaban J connectivity index is 2.20. The topological polar surface area (TPSA) is 83.4 Å². The summed E-state index contributed by atoms with van der Waals surface area (Å²) >= 11 is 0. The molecule has 0 saturated carbocycles. The van der Waals surface area contributed by atoms with Crippen molar-refractivity contribution in [3.05, 3.63) is 35.9 Å². The predicted molar refractivity (Wildman–Crippen MR) is 66.6 cm³/mol. The number of ketones is 1. The zero-order valence-corrected chi connectivity index (χ0v) is 10.1. The average molecular weight is 251 g/mol. The van der Waals surface area contributed by atoms with Crippen LogP contribution in [0.1, 0.15) is 18.7 Å². The summed E-state index contributed by atoms with van der Waals surface area (Å²) in [5, 5.41) is 21.3. The number of hydrogen-bond acceptors (Lipinski definition) is 5. The number of azo groups is 1. The lowest BCUT2D eigenvalue weighted by molar-refractivity contribution is -0.120. The SMILES string of the molecule is CC(=O)[C@@H]1N=Nc2c(C#N)c(-c3ccccc3)nn21. The molecule has 0 saturated heterocycles. The van der Waals surface area contributed by atoms with Gasteiger partial charge in [-0.25, -0.2) is 4.68 Å². The van der Waals surface area contributed by atoms with E-state index in [1.807, 2.05) is 30.3 Å². The van der Waals surface area contributed by atoms with Gasteiger partial charge in [-0.3, -0.25) is 4.79 Å². The lowest BCUT2D eigenvalue weighted by atomic mass is 10.1. The van der Waals surface area contributed by atoms with Gasteiger partial charge in [0.05, 0.1) is 0 Å². The van der Waals surface area contributed by atoms with Gasteiger partial charge in [-0.1, -0.05) is 30.3 Å². The first-order valence-corrected chi connectivity index (χ1v) is 5.71. The number of Topliss-reactive ketones (excluding diaryl/α,β-unsaturated/α-hetero) is 1. The first-order valence-electron chi connectivity index (χ1n) is 5.71. The minimum Gasteiger partial charge on any atom is -0.295 e. The Hall–Kier alpha value is -2.81. The Morgan fingerprint density at radius 1 is 1.37 bits per heavy atom. The molecule has 1 aliphatic rings. The van der Waals surface area contributed by atoms with Crippen LogP contribution < -0.4 is 0 Å². The largest absolute Gasteiger partial charge is 0.295 e. The Bertz CT molecular complexity index is 723. The van der Waals surface area contributed by atoms with Gasteiger partial charge in [-0.15, -0.1) is 5.11 Å². The van der Waals surface area contributed by atoms with Crippen LogP contribution in [0.5, 0.6) is 0 Å². The number of rotatable bonds is 2. The second kappa shape index (κ2) is 4.14. The third kappa shape index (κ3) is 1.64. The highest BCUT2D eigenvalue weighted by molar-refractivity contribution is 5.82. The summed E-state index contributed by atoms with van der Waals surface area (Å²) in [6.45, 7) is 1.43. The molecule has 2 heterocycles. The van der Waals surface area contributed by atoms with Crippen molar-refractivity contribution < 1.29 is 4.79 Å². The molecule has 2 aromatic rings. The van der Waals surface area contributed by atoms with Crippen molar-refractivity contribution in [2.75, 3.05) is 0 Å². The molecule has 0 fully saturated rings. The van der Waals surface area contributed by atoms with Crippen LogP contribution in [0, 0.1) is 11.3 Å². The second-order valence-corrected chi connectivity index (χ2v) is 4.17. The van der Waals surface area contributed by atoms with Crippen LogP contribution in [0.25, 0.3) is 11.3 Å². The van der Waals surface area contributed by atoms with Gasteiger partial charge in [-0.05, 0) is 6.92 Å². The number of hydrogen-bond donors (Lipinski definition) is 0. The van der Waals surface area contributed by atoms with E-state index in [1.54, 1.807) is 0 Å². The maximum atomic E-state index is 11.5. The summed E-state index contributed by atoms with van der Waals surface area (Å²) < 4.78 is 1.41. The van der Waals surface area contributed by atoms with Gasteiger partial charge in [0.2, 0.25) is 6.17 Å². The van der Waals surface area contributed by atoms with Crippen LogP contribution in [-0.2, 0) is 4.79 Å². The van der Waals surface area contributed by atoms with Gasteiger partial charge in [0.25, 0.3) is 0 Å². The molecule has 0 bridgehead atoms. The smallest absolute Gasteiger partial charge is 0.222 e. The summed E-state index contributed by atoms with van der Waals surface area (Å²) in [7, 11) is 0. The second-order valence-electron chi connectivity index (χ2n) is 4.17. The monoisotopic (exact) mass is 251 g/mol. The van der Waals surface area contributed by atoms with Crippen LogP contribution in [0.2, 0.25) is 0 Å². The zero-order chi connectivity index (χ0) is 13.4. The molecule has 1 aromatic heterocycles. The van der Waals surface area contributed by atoms with Gasteiger partial charge in [0.15, 0.2) is 11.6 Å². The molecule has 1 aromatic carbocycles. The maximum Gasteiger partial charge on any atom is 0.222 e. The Morgan fingerprint density at radius 2 is 2.11 bits per heavy atom. The summed E-state index contributed by atoms with van der Waals surface area (Å²) in [6.07, 6.45) is -0.750. The van der Waals surface area contributed by atoms with E-state index in [1.165, 1.54) is 11.6 Å². The fourth-order valence-corrected chi connectivity index (χ4v) is 2.00. The van der Waals surface area contributed by atoms with E-state index in [4.69, 9.17) is 0 Å². The van der Waals surface area contributed by atoms with Gasteiger partial charge in [0.1, 0.15) is 17.3 Å². The molecular weight excluding hydrogens is 242 g/mol. The third-order valence-electron chi connectivity index (χ3n) is 2.90. The maximum absolute atomic E-state index is 11.5. The van der Waals surface area contributed by atoms with Crippen molar-refractivity contribution in [3.63, 3.8) is 0 Å². The highest BCUT2D eigenvalue weighted by Gasteiger charge is 2.30. The van der Waals surface area contributed by atoms with E-state index in [-0.39, 0.29) is 5.78 Å². The Morgan fingerprint density at radius 3 is 2.74 bits per heavy atom. The van der Waals surface area contributed by atoms with Crippen molar-refractivity contribution in [2.24, 2.45) is 10.2 Å². The molecule has 6 heteroatoms. The van der Waals surface area contributed by atoms with Gasteiger partial charge in [0, 0.05) is 5.56 Å². The van der Waals surface area contributed by atoms with Crippen molar-refractivity contribution in [1.82, 2.24) is 9.78 Å². The van der Waals surface area contributed by atoms with E-state index in [9.17, 15) is 10.1 Å². The lowest BCUT2D eigenvalue weighted by Crippen LogP contribution is -2.12. The van der Waals surface area contributed by atoms with E-state index in [0.717, 1.165) is 5.56 Å². The standard InChI is InChI=1S/C13H9N5O/c1-8(19)12-15-16-13-10(7-14)11(17-18(12)13)9-5-3-2-4-6-9/h2-6,12H,1H3/t12-/m1/s1. The van der Waals surface area contributed by atoms with Gasteiger partial charge < -0.3 is 0 Å². The molecule has 6 nitrogen and oxygen atoms in total. The first kappa shape index (κ1) is 11.3. The summed E-state index contributed by atoms with van der Waals surface area (Å²) in [6, 6.07) is 11.4. The zero-order valence-electron chi connectivity index (χ0n) is 10.1. The van der Waals surface area contributed by atoms with E-state index in [0.29, 0.717) is 17.1 Å². The van der Waals surface area contributed by atoms with Crippen LogP contribution in [-0.4, -0.2) is 15.6 Å². The number of aromatic nitrogens is 2. The number of benzene rings is 1. The van der Waals surface area contributed by atoms with E-state index in [2.05, 4.69) is 21.4 Å². The van der Waals surface area contributed by atoms with E-state index >= 15 is 0 Å². The fourth-order valence-electron chi connectivity index (χ4n) is 2.00. The molecule has 0 aliphatic carbocycles. The van der Waals surface area contributed by atoms with Crippen LogP contribution in [0.15, 0.2) is 40.6 Å². The van der Waals surface area contributed by atoms with Crippen LogP contribution >= 0.6 is 0 Å². The molecule has 19 heavy (non-hydrogen) atoms. The van der Waals surface area contributed by atoms with Crippen LogP contribution in [0.4, 0.5) is 5.82 Å². The summed E-state index contributed by atoms with van der Waals surface area (Å²) in [5.41, 5.74) is 1.69. The normalized spacial score (nSPS) is 16.1. The van der Waals surface area contributed by atoms with Crippen molar-refractivity contribution in [3.8, 4) is 17.3 Å². The molecule has 1 atom stereocenters. The van der Waals surface area contributed by atoms with Crippen LogP contribution in [0.3, 0.4) is 0 Å². The lowest BCUT2D eigenvalue weighted by Gasteiger charge is -2.02. The summed E-state index contributed by atoms with van der Waals surface area (Å²) in [4.78, 5) is 11.5. The molecule has 0 unspecified atom stereocenters. The summed E-state index contributed by atoms with van der Waals surface area (Å²) in [5.74, 6) is 0.190. The van der Waals surface area contributed by atoms with E-state index < -0.39 is 6.17 Å². The molecule has 0 amide bonds.